The molecule has 150 valence electrons. The Morgan fingerprint density at radius 2 is 1.68 bits per heavy atom. The van der Waals surface area contributed by atoms with E-state index in [1.54, 1.807) is 7.11 Å². The van der Waals surface area contributed by atoms with Gasteiger partial charge in [0.25, 0.3) is 0 Å². The van der Waals surface area contributed by atoms with Gasteiger partial charge >= 0.3 is 0 Å². The van der Waals surface area contributed by atoms with Crippen LogP contribution in [0.3, 0.4) is 0 Å². The van der Waals surface area contributed by atoms with E-state index in [0.29, 0.717) is 0 Å². The molecule has 3 rings (SSSR count). The molecule has 0 amide bonds. The number of hydrogen-bond acceptors (Lipinski definition) is 2. The number of ether oxygens (including phenoxy) is 2. The van der Waals surface area contributed by atoms with Crippen molar-refractivity contribution in [3.8, 4) is 11.5 Å². The van der Waals surface area contributed by atoms with Gasteiger partial charge in [-0.1, -0.05) is 77.1 Å². The molecule has 2 aromatic carbocycles. The second-order valence-electron chi connectivity index (χ2n) is 8.78. The minimum Gasteiger partial charge on any atom is -0.497 e. The van der Waals surface area contributed by atoms with Crippen molar-refractivity contribution in [1.29, 1.82) is 0 Å². The average molecular weight is 395 g/mol. The Kier molecular flexibility index (Phi) is 5.76. The van der Waals surface area contributed by atoms with Crippen LogP contribution < -0.4 is 19.8 Å². The molecule has 0 bridgehead atoms. The largest absolute Gasteiger partial charge is 0.497 e. The molecule has 0 fully saturated rings. The maximum atomic E-state index is 6.11. The highest BCUT2D eigenvalue weighted by molar-refractivity contribution is 7.03. The van der Waals surface area contributed by atoms with E-state index in [-0.39, 0.29) is 5.41 Å². The van der Waals surface area contributed by atoms with E-state index >= 15 is 0 Å². The molecule has 0 saturated heterocycles. The maximum absolute atomic E-state index is 6.11. The lowest BCUT2D eigenvalue weighted by Crippen LogP contribution is -2.58. The van der Waals surface area contributed by atoms with E-state index in [4.69, 9.17) is 9.47 Å². The summed E-state index contributed by atoms with van der Waals surface area (Å²) in [5, 5.41) is 2.91. The fourth-order valence-electron chi connectivity index (χ4n) is 4.72. The Labute approximate surface area is 171 Å². The summed E-state index contributed by atoms with van der Waals surface area (Å²) in [6.07, 6.45) is 5.67. The third kappa shape index (κ3) is 3.30. The third-order valence-electron chi connectivity index (χ3n) is 6.37. The van der Waals surface area contributed by atoms with Gasteiger partial charge in [0.05, 0.1) is 14.2 Å². The van der Waals surface area contributed by atoms with Crippen molar-refractivity contribution < 1.29 is 9.47 Å². The fraction of sp³-hybridized carbons (Fsp3) is 0.440. The molecule has 0 spiro atoms. The van der Waals surface area contributed by atoms with Crippen molar-refractivity contribution in [2.45, 2.75) is 58.5 Å². The van der Waals surface area contributed by atoms with Crippen LogP contribution in [-0.2, 0) is 11.8 Å². The number of allylic oxidation sites excluding steroid dienone is 1. The summed E-state index contributed by atoms with van der Waals surface area (Å²) in [5.41, 5.74) is 4.11. The summed E-state index contributed by atoms with van der Waals surface area (Å²) in [5.74, 6) is 1.99. The predicted molar refractivity (Wildman–Crippen MR) is 123 cm³/mol. The van der Waals surface area contributed by atoms with Gasteiger partial charge in [-0.3, -0.25) is 0 Å². The summed E-state index contributed by atoms with van der Waals surface area (Å²) in [7, 11) is 1.55. The summed E-state index contributed by atoms with van der Waals surface area (Å²) >= 11 is 0. The van der Waals surface area contributed by atoms with Gasteiger partial charge in [-0.25, -0.2) is 0 Å². The topological polar surface area (TPSA) is 18.5 Å². The van der Waals surface area contributed by atoms with Gasteiger partial charge in [0.1, 0.15) is 19.6 Å². The molecule has 0 aromatic heterocycles. The predicted octanol–water partition coefficient (Wildman–Crippen LogP) is 5.17. The molecular formula is C25H34O2Si. The van der Waals surface area contributed by atoms with E-state index in [1.165, 1.54) is 27.1 Å². The molecule has 0 N–H and O–H groups in total. The Hall–Kier alpha value is -2.00. The molecule has 1 aliphatic carbocycles. The van der Waals surface area contributed by atoms with Crippen LogP contribution in [0.1, 0.15) is 51.3 Å². The molecule has 0 aliphatic heterocycles. The van der Waals surface area contributed by atoms with E-state index in [2.05, 4.69) is 77.1 Å². The van der Waals surface area contributed by atoms with Crippen molar-refractivity contribution >= 4 is 24.5 Å². The Morgan fingerprint density at radius 1 is 0.964 bits per heavy atom. The van der Waals surface area contributed by atoms with Gasteiger partial charge in [-0.2, -0.15) is 0 Å². The summed E-state index contributed by atoms with van der Waals surface area (Å²) < 4.78 is 11.9. The second-order valence-corrected chi connectivity index (χ2v) is 13.4. The molecule has 0 atom stereocenters. The van der Waals surface area contributed by atoms with Crippen molar-refractivity contribution in [2.75, 3.05) is 14.2 Å². The molecule has 2 aromatic rings. The Morgan fingerprint density at radius 3 is 2.25 bits per heavy atom. The summed E-state index contributed by atoms with van der Waals surface area (Å²) in [6, 6.07) is 13.6. The quantitative estimate of drug-likeness (QED) is 0.629. The van der Waals surface area contributed by atoms with Crippen molar-refractivity contribution in [1.82, 2.24) is 0 Å². The SMILES string of the molecule is CC[Si](CC)(c1cccc2c1C=CC2)c1cc(OC)cc(C(C)(C)C)c1OC. The van der Waals surface area contributed by atoms with E-state index in [1.807, 2.05) is 7.11 Å². The van der Waals surface area contributed by atoms with E-state index in [9.17, 15) is 0 Å². The molecule has 0 heterocycles. The zero-order valence-electron chi connectivity index (χ0n) is 18.5. The first-order valence-electron chi connectivity index (χ1n) is 10.4. The van der Waals surface area contributed by atoms with Crippen LogP contribution in [0.15, 0.2) is 36.4 Å². The van der Waals surface area contributed by atoms with Gasteiger partial charge in [-0.05, 0) is 45.5 Å². The highest BCUT2D eigenvalue weighted by atomic mass is 28.3. The lowest BCUT2D eigenvalue weighted by molar-refractivity contribution is 0.391. The van der Waals surface area contributed by atoms with E-state index < -0.39 is 8.07 Å². The highest BCUT2D eigenvalue weighted by Gasteiger charge is 2.40. The van der Waals surface area contributed by atoms with Gasteiger partial charge in [0.15, 0.2) is 0 Å². The maximum Gasteiger partial charge on any atom is 0.123 e. The van der Waals surface area contributed by atoms with Gasteiger partial charge < -0.3 is 9.47 Å². The molecule has 0 radical (unpaired) electrons. The standard InChI is InChI=1S/C25H34O2Si/c1-8-28(9-2,22-15-11-13-18-12-10-14-20(18)22)23-17-19(26-6)16-21(24(23)27-7)25(3,4)5/h10-11,13-17H,8-9,12H2,1-7H3. The number of benzene rings is 2. The van der Waals surface area contributed by atoms with Crippen LogP contribution in [0.5, 0.6) is 11.5 Å². The number of rotatable bonds is 6. The molecule has 2 nitrogen and oxygen atoms in total. The second kappa shape index (κ2) is 7.79. The first-order chi connectivity index (χ1) is 13.3. The number of methoxy groups -OCH3 is 2. The summed E-state index contributed by atoms with van der Waals surface area (Å²) in [4.78, 5) is 0. The van der Waals surface area contributed by atoms with Crippen molar-refractivity contribution in [3.05, 3.63) is 53.1 Å². The normalized spacial score (nSPS) is 13.5. The zero-order valence-corrected chi connectivity index (χ0v) is 19.5. The average Bonchev–Trinajstić information content (AvgIpc) is 3.17. The van der Waals surface area contributed by atoms with Crippen LogP contribution in [0.25, 0.3) is 6.08 Å². The van der Waals surface area contributed by atoms with Gasteiger partial charge in [0.2, 0.25) is 0 Å². The van der Waals surface area contributed by atoms with Crippen LogP contribution in [-0.4, -0.2) is 22.3 Å². The number of fused-ring (bicyclic) bond motifs is 1. The lowest BCUT2D eigenvalue weighted by atomic mass is 9.86. The Bertz CT molecular complexity index is 886. The molecule has 28 heavy (non-hydrogen) atoms. The first kappa shape index (κ1) is 20.7. The number of hydrogen-bond donors (Lipinski definition) is 0. The van der Waals surface area contributed by atoms with Crippen LogP contribution in [0, 0.1) is 0 Å². The Balaban J connectivity index is 2.38. The third-order valence-corrected chi connectivity index (χ3v) is 11.7. The van der Waals surface area contributed by atoms with Crippen molar-refractivity contribution in [3.63, 3.8) is 0 Å². The molecule has 1 aliphatic rings. The molecule has 0 unspecified atom stereocenters. The zero-order chi connectivity index (χ0) is 20.5. The van der Waals surface area contributed by atoms with Crippen LogP contribution in [0.2, 0.25) is 12.1 Å². The molecule has 0 saturated carbocycles. The fourth-order valence-corrected chi connectivity index (χ4v) is 9.30. The minimum absolute atomic E-state index is 0.0191. The smallest absolute Gasteiger partial charge is 0.123 e. The summed E-state index contributed by atoms with van der Waals surface area (Å²) in [6.45, 7) is 11.4. The van der Waals surface area contributed by atoms with Crippen LogP contribution >= 0.6 is 0 Å². The lowest BCUT2D eigenvalue weighted by Gasteiger charge is -2.36. The van der Waals surface area contributed by atoms with Gasteiger partial charge in [-0.15, -0.1) is 0 Å². The minimum atomic E-state index is -2.03. The monoisotopic (exact) mass is 394 g/mol. The van der Waals surface area contributed by atoms with Crippen molar-refractivity contribution in [2.24, 2.45) is 0 Å². The molecular weight excluding hydrogens is 360 g/mol. The first-order valence-corrected chi connectivity index (χ1v) is 12.8. The highest BCUT2D eigenvalue weighted by Crippen LogP contribution is 2.36. The van der Waals surface area contributed by atoms with Crippen LogP contribution in [0.4, 0.5) is 0 Å². The molecule has 3 heteroatoms. The van der Waals surface area contributed by atoms with Gasteiger partial charge in [0, 0.05) is 5.56 Å². The van der Waals surface area contributed by atoms with E-state index in [0.717, 1.165) is 30.0 Å².